The summed E-state index contributed by atoms with van der Waals surface area (Å²) in [6.07, 6.45) is 85.1. The summed E-state index contributed by atoms with van der Waals surface area (Å²) in [7, 11) is 1.42. The Morgan fingerprint density at radius 1 is 0.397 bits per heavy atom. The highest BCUT2D eigenvalue weighted by Gasteiger charge is 2.27. The maximum Gasteiger partial charge on any atom is 0.472 e. The molecule has 0 amide bonds. The molecule has 0 aromatic carbocycles. The Bertz CT molecular complexity index is 1820. The van der Waals surface area contributed by atoms with Crippen LogP contribution in [0.2, 0.25) is 0 Å². The Hall–Kier alpha value is -4.11. The summed E-state index contributed by atoms with van der Waals surface area (Å²) in [6, 6.07) is 0. The van der Waals surface area contributed by atoms with Crippen molar-refractivity contribution in [3.63, 3.8) is 0 Å². The Morgan fingerprint density at radius 2 is 0.705 bits per heavy atom. The third kappa shape index (κ3) is 61.1. The number of carbonyl (C=O) groups excluding carboxylic acids is 2. The highest BCUT2D eigenvalue weighted by atomic mass is 31.2. The number of carbonyl (C=O) groups is 2. The maximum atomic E-state index is 12.8. The van der Waals surface area contributed by atoms with Crippen LogP contribution in [0.15, 0.2) is 146 Å². The topological polar surface area (TPSA) is 108 Å². The number of rotatable bonds is 54. The number of hydrogen-bond donors (Lipinski definition) is 1. The van der Waals surface area contributed by atoms with Crippen LogP contribution in [-0.2, 0) is 32.7 Å². The number of phosphoric acid groups is 1. The zero-order valence-electron chi connectivity index (χ0n) is 50.1. The molecule has 0 fully saturated rings. The SMILES string of the molecule is CC/C=C\C/C=C\C/C=C\C/C=C\C/C=C\C/C=C\C/C=C\CCCC(=O)OC(COC(=O)CCCCCCCCCCCCCCCCC/C=C\C/C=C\C/C=C\C/C=C\C/C=C\CC)COP(=O)(O)OCC[N+](C)(C)C. The van der Waals surface area contributed by atoms with Gasteiger partial charge in [-0.2, -0.15) is 0 Å². The molecule has 0 aliphatic heterocycles. The minimum absolute atomic E-state index is 0.0132. The molecule has 442 valence electrons. The van der Waals surface area contributed by atoms with Crippen LogP contribution < -0.4 is 0 Å². The summed E-state index contributed by atoms with van der Waals surface area (Å²) in [5.74, 6) is -0.875. The molecule has 0 radical (unpaired) electrons. The molecule has 0 aromatic heterocycles. The van der Waals surface area contributed by atoms with Gasteiger partial charge in [-0.1, -0.05) is 243 Å². The quantitative estimate of drug-likeness (QED) is 0.0211. The monoisotopic (exact) mass is 1100 g/mol. The summed E-state index contributed by atoms with van der Waals surface area (Å²) in [4.78, 5) is 35.7. The van der Waals surface area contributed by atoms with Crippen LogP contribution in [0.5, 0.6) is 0 Å². The fraction of sp³-hybridized carbons (Fsp3) is 0.618. The van der Waals surface area contributed by atoms with Gasteiger partial charge in [0.15, 0.2) is 6.10 Å². The average Bonchev–Trinajstić information content (AvgIpc) is 3.40. The molecule has 0 aliphatic rings. The number of hydrogen-bond acceptors (Lipinski definition) is 7. The summed E-state index contributed by atoms with van der Waals surface area (Å²) >= 11 is 0. The number of unbranched alkanes of at least 4 members (excludes halogenated alkanes) is 16. The number of quaternary nitrogens is 1. The van der Waals surface area contributed by atoms with Gasteiger partial charge in [0.2, 0.25) is 0 Å². The normalized spacial score (nSPS) is 14.3. The lowest BCUT2D eigenvalue weighted by Gasteiger charge is -2.24. The van der Waals surface area contributed by atoms with Gasteiger partial charge >= 0.3 is 19.8 Å². The Labute approximate surface area is 478 Å². The van der Waals surface area contributed by atoms with Gasteiger partial charge in [0.05, 0.1) is 27.7 Å². The third-order valence-electron chi connectivity index (χ3n) is 12.4. The second kappa shape index (κ2) is 57.6. The van der Waals surface area contributed by atoms with E-state index in [1.165, 1.54) is 83.5 Å². The zero-order valence-corrected chi connectivity index (χ0v) is 51.0. The summed E-state index contributed by atoms with van der Waals surface area (Å²) in [5, 5.41) is 0. The minimum atomic E-state index is -4.41. The fourth-order valence-corrected chi connectivity index (χ4v) is 8.48. The first-order chi connectivity index (χ1) is 38.0. The number of phosphoric ester groups is 1. The van der Waals surface area contributed by atoms with Crippen LogP contribution in [-0.4, -0.2) is 74.9 Å². The van der Waals surface area contributed by atoms with Crippen molar-refractivity contribution in [2.45, 2.75) is 225 Å². The largest absolute Gasteiger partial charge is 0.472 e. The van der Waals surface area contributed by atoms with Crippen LogP contribution >= 0.6 is 7.82 Å². The van der Waals surface area contributed by atoms with E-state index in [0.29, 0.717) is 23.9 Å². The summed E-state index contributed by atoms with van der Waals surface area (Å²) in [5.41, 5.74) is 0. The molecule has 0 aromatic rings. The van der Waals surface area contributed by atoms with Crippen molar-refractivity contribution in [2.24, 2.45) is 0 Å². The number of allylic oxidation sites excluding steroid dienone is 24. The first-order valence-electron chi connectivity index (χ1n) is 30.6. The first-order valence-corrected chi connectivity index (χ1v) is 32.1. The predicted molar refractivity (Wildman–Crippen MR) is 334 cm³/mol. The molecule has 0 aliphatic carbocycles. The molecule has 0 heterocycles. The van der Waals surface area contributed by atoms with Crippen LogP contribution in [0.1, 0.15) is 219 Å². The molecule has 9 nitrogen and oxygen atoms in total. The number of esters is 2. The van der Waals surface area contributed by atoms with Gasteiger partial charge in [0, 0.05) is 12.8 Å². The minimum Gasteiger partial charge on any atom is -0.462 e. The molecule has 0 rings (SSSR count). The van der Waals surface area contributed by atoms with Gasteiger partial charge < -0.3 is 18.9 Å². The van der Waals surface area contributed by atoms with E-state index < -0.39 is 26.5 Å². The Morgan fingerprint density at radius 3 is 1.06 bits per heavy atom. The molecule has 0 saturated heterocycles. The van der Waals surface area contributed by atoms with E-state index in [9.17, 15) is 19.0 Å². The number of likely N-dealkylation sites (N-methyl/N-ethyl adjacent to an activating group) is 1. The highest BCUT2D eigenvalue weighted by Crippen LogP contribution is 2.43. The molecular formula is C68H113NO8P+. The third-order valence-corrected chi connectivity index (χ3v) is 13.3. The zero-order chi connectivity index (χ0) is 57.0. The van der Waals surface area contributed by atoms with Gasteiger partial charge in [-0.3, -0.25) is 18.6 Å². The standard InChI is InChI=1S/C68H112NO8P/c1-6-8-10-12-14-16-18-20-22-24-26-28-30-31-32-33-34-35-36-37-39-40-42-44-46-48-50-52-54-56-58-60-67(70)74-64-66(65-76-78(72,73)75-63-62-69(3,4)5)77-68(71)61-59-57-55-53-51-49-47-45-43-41-38-29-27-25-23-21-19-17-15-13-11-9-7-2/h8-11,14-17,20-23,26-29,31-32,41,43,47,49,53,55,66H,6-7,12-13,18-19,24-25,30,33-40,42,44-46,48,50-52,54,56-65H2,1-5H3/p+1/b10-8-,11-9-,16-14-,17-15-,22-20-,23-21-,28-26-,29-27-,32-31-,43-41-,49-47-,55-53-. The molecule has 10 heteroatoms. The fourth-order valence-electron chi connectivity index (χ4n) is 7.74. The molecule has 0 saturated carbocycles. The molecule has 0 spiro atoms. The highest BCUT2D eigenvalue weighted by molar-refractivity contribution is 7.47. The summed E-state index contributed by atoms with van der Waals surface area (Å²) in [6.45, 7) is 4.13. The van der Waals surface area contributed by atoms with Crippen LogP contribution in [0.4, 0.5) is 0 Å². The van der Waals surface area contributed by atoms with Crippen molar-refractivity contribution in [3.8, 4) is 0 Å². The first kappa shape index (κ1) is 73.9. The molecule has 0 bridgehead atoms. The van der Waals surface area contributed by atoms with Gasteiger partial charge in [-0.15, -0.1) is 0 Å². The second-order valence-electron chi connectivity index (χ2n) is 21.0. The number of ether oxygens (including phenoxy) is 2. The smallest absolute Gasteiger partial charge is 0.462 e. The van der Waals surface area contributed by atoms with Crippen LogP contribution in [0.3, 0.4) is 0 Å². The van der Waals surface area contributed by atoms with Crippen LogP contribution in [0.25, 0.3) is 0 Å². The van der Waals surface area contributed by atoms with E-state index in [-0.39, 0.29) is 32.0 Å². The lowest BCUT2D eigenvalue weighted by Crippen LogP contribution is -2.37. The Balaban J connectivity index is 4.21. The van der Waals surface area contributed by atoms with E-state index in [1.54, 1.807) is 0 Å². The van der Waals surface area contributed by atoms with Gasteiger partial charge in [-0.05, 0) is 109 Å². The maximum absolute atomic E-state index is 12.8. The van der Waals surface area contributed by atoms with Crippen molar-refractivity contribution >= 4 is 19.8 Å². The lowest BCUT2D eigenvalue weighted by atomic mass is 10.0. The van der Waals surface area contributed by atoms with Gasteiger partial charge in [0.1, 0.15) is 19.8 Å². The average molecular weight is 1100 g/mol. The molecule has 2 unspecified atom stereocenters. The van der Waals surface area contributed by atoms with Gasteiger partial charge in [-0.25, -0.2) is 4.57 Å². The van der Waals surface area contributed by atoms with E-state index in [0.717, 1.165) is 96.3 Å². The van der Waals surface area contributed by atoms with E-state index in [1.807, 2.05) is 27.2 Å². The van der Waals surface area contributed by atoms with Gasteiger partial charge in [0.25, 0.3) is 0 Å². The van der Waals surface area contributed by atoms with E-state index in [2.05, 4.69) is 154 Å². The van der Waals surface area contributed by atoms with Crippen molar-refractivity contribution in [1.29, 1.82) is 0 Å². The van der Waals surface area contributed by atoms with E-state index >= 15 is 0 Å². The van der Waals surface area contributed by atoms with Crippen molar-refractivity contribution in [2.75, 3.05) is 47.5 Å². The summed E-state index contributed by atoms with van der Waals surface area (Å²) < 4.78 is 34.5. The predicted octanol–water partition coefficient (Wildman–Crippen LogP) is 19.5. The van der Waals surface area contributed by atoms with Crippen molar-refractivity contribution < 1.29 is 42.1 Å². The number of nitrogens with zero attached hydrogens (tertiary/aromatic N) is 1. The van der Waals surface area contributed by atoms with Crippen molar-refractivity contribution in [3.05, 3.63) is 146 Å². The Kier molecular flexibility index (Phi) is 54.5. The molecular weight excluding hydrogens is 990 g/mol. The molecule has 2 atom stereocenters. The lowest BCUT2D eigenvalue weighted by molar-refractivity contribution is -0.870. The van der Waals surface area contributed by atoms with E-state index in [4.69, 9.17) is 18.5 Å². The van der Waals surface area contributed by atoms with Crippen molar-refractivity contribution in [1.82, 2.24) is 0 Å². The van der Waals surface area contributed by atoms with Crippen LogP contribution in [0, 0.1) is 0 Å². The second-order valence-corrected chi connectivity index (χ2v) is 22.4. The molecule has 78 heavy (non-hydrogen) atoms. The molecule has 1 N–H and O–H groups in total.